The summed E-state index contributed by atoms with van der Waals surface area (Å²) < 4.78 is 13.5. The lowest BCUT2D eigenvalue weighted by Crippen LogP contribution is -2.43. The van der Waals surface area contributed by atoms with Crippen LogP contribution in [0.5, 0.6) is 0 Å². The molecule has 2 amide bonds. The number of hydrogen-bond donors (Lipinski definition) is 1. The van der Waals surface area contributed by atoms with Crippen LogP contribution in [0.25, 0.3) is 5.69 Å². The SMILES string of the molecule is CC1CN(C(=O)NCCc2ccc(-n3cccn3)cc2)CCS(=O)C1. The molecule has 1 aliphatic rings. The molecule has 2 unspecified atom stereocenters. The lowest BCUT2D eigenvalue weighted by molar-refractivity contribution is 0.196. The van der Waals surface area contributed by atoms with Gasteiger partial charge in [-0.3, -0.25) is 4.21 Å². The number of carbonyl (C=O) groups is 1. The number of amides is 2. The van der Waals surface area contributed by atoms with Gasteiger partial charge in [0.25, 0.3) is 0 Å². The van der Waals surface area contributed by atoms with Crippen LogP contribution in [-0.4, -0.2) is 56.1 Å². The smallest absolute Gasteiger partial charge is 0.317 e. The lowest BCUT2D eigenvalue weighted by atomic mass is 10.1. The summed E-state index contributed by atoms with van der Waals surface area (Å²) in [6, 6.07) is 9.99. The maximum atomic E-state index is 12.3. The van der Waals surface area contributed by atoms with Crippen LogP contribution in [0.15, 0.2) is 42.7 Å². The minimum Gasteiger partial charge on any atom is -0.338 e. The highest BCUT2D eigenvalue weighted by molar-refractivity contribution is 7.85. The van der Waals surface area contributed by atoms with Crippen molar-refractivity contribution in [3.05, 3.63) is 48.3 Å². The molecule has 2 aromatic rings. The Kier molecular flexibility index (Phi) is 5.86. The average Bonchev–Trinajstić information content (AvgIpc) is 3.07. The highest BCUT2D eigenvalue weighted by atomic mass is 32.2. The minimum atomic E-state index is -0.804. The van der Waals surface area contributed by atoms with Crippen molar-refractivity contribution in [1.29, 1.82) is 0 Å². The van der Waals surface area contributed by atoms with Gasteiger partial charge in [0.1, 0.15) is 0 Å². The van der Waals surface area contributed by atoms with Crippen molar-refractivity contribution in [3.63, 3.8) is 0 Å². The molecule has 1 saturated heterocycles. The van der Waals surface area contributed by atoms with Crippen molar-refractivity contribution < 1.29 is 9.00 Å². The van der Waals surface area contributed by atoms with Crippen LogP contribution in [-0.2, 0) is 17.2 Å². The fourth-order valence-electron chi connectivity index (χ4n) is 2.98. The van der Waals surface area contributed by atoms with Gasteiger partial charge in [0, 0.05) is 54.3 Å². The van der Waals surface area contributed by atoms with E-state index in [1.807, 2.05) is 36.0 Å². The van der Waals surface area contributed by atoms with Gasteiger partial charge >= 0.3 is 6.03 Å². The summed E-state index contributed by atoms with van der Waals surface area (Å²) in [6.45, 7) is 3.88. The predicted molar refractivity (Wildman–Crippen MR) is 99.3 cm³/mol. The van der Waals surface area contributed by atoms with Crippen molar-refractivity contribution in [2.75, 3.05) is 31.1 Å². The number of aromatic nitrogens is 2. The van der Waals surface area contributed by atoms with Crippen molar-refractivity contribution in [2.24, 2.45) is 5.92 Å². The molecule has 2 atom stereocenters. The van der Waals surface area contributed by atoms with E-state index in [2.05, 4.69) is 22.5 Å². The second-order valence-electron chi connectivity index (χ2n) is 6.46. The third-order valence-electron chi connectivity index (χ3n) is 4.27. The summed E-state index contributed by atoms with van der Waals surface area (Å²) in [6.07, 6.45) is 4.44. The Morgan fingerprint density at radius 3 is 2.88 bits per heavy atom. The van der Waals surface area contributed by atoms with E-state index in [0.29, 0.717) is 31.1 Å². The monoisotopic (exact) mass is 360 g/mol. The summed E-state index contributed by atoms with van der Waals surface area (Å²) in [5.41, 5.74) is 2.19. The zero-order chi connectivity index (χ0) is 17.6. The van der Waals surface area contributed by atoms with Gasteiger partial charge in [-0.15, -0.1) is 0 Å². The van der Waals surface area contributed by atoms with Gasteiger partial charge < -0.3 is 10.2 Å². The predicted octanol–water partition coefficient (Wildman–Crippen LogP) is 1.82. The molecule has 1 aromatic heterocycles. The molecule has 0 bridgehead atoms. The van der Waals surface area contributed by atoms with Gasteiger partial charge in [0.2, 0.25) is 0 Å². The molecule has 0 spiro atoms. The van der Waals surface area contributed by atoms with Crippen LogP contribution in [0.4, 0.5) is 4.79 Å². The Hall–Kier alpha value is -2.15. The van der Waals surface area contributed by atoms with E-state index in [4.69, 9.17) is 0 Å². The number of rotatable bonds is 4. The number of hydrogen-bond acceptors (Lipinski definition) is 3. The Bertz CT molecular complexity index is 715. The topological polar surface area (TPSA) is 67.2 Å². The van der Waals surface area contributed by atoms with E-state index in [-0.39, 0.29) is 11.9 Å². The second kappa shape index (κ2) is 8.29. The zero-order valence-electron chi connectivity index (χ0n) is 14.4. The van der Waals surface area contributed by atoms with Crippen LogP contribution >= 0.6 is 0 Å². The molecule has 1 fully saturated rings. The fraction of sp³-hybridized carbons (Fsp3) is 0.444. The van der Waals surface area contributed by atoms with Crippen LogP contribution in [0.1, 0.15) is 12.5 Å². The highest BCUT2D eigenvalue weighted by Crippen LogP contribution is 2.10. The number of nitrogens with zero attached hydrogens (tertiary/aromatic N) is 3. The summed E-state index contributed by atoms with van der Waals surface area (Å²) in [7, 11) is -0.804. The molecule has 1 N–H and O–H groups in total. The van der Waals surface area contributed by atoms with E-state index in [1.165, 1.54) is 5.56 Å². The number of carbonyl (C=O) groups excluding carboxylic acids is 1. The summed E-state index contributed by atoms with van der Waals surface area (Å²) in [4.78, 5) is 14.1. The average molecular weight is 360 g/mol. The van der Waals surface area contributed by atoms with Gasteiger partial charge in [-0.1, -0.05) is 19.1 Å². The maximum Gasteiger partial charge on any atom is 0.317 e. The molecule has 134 valence electrons. The molecule has 25 heavy (non-hydrogen) atoms. The Labute approximate surface area is 150 Å². The highest BCUT2D eigenvalue weighted by Gasteiger charge is 2.22. The van der Waals surface area contributed by atoms with Gasteiger partial charge in [-0.2, -0.15) is 5.10 Å². The van der Waals surface area contributed by atoms with E-state index in [1.54, 1.807) is 11.1 Å². The molecule has 2 heterocycles. The largest absolute Gasteiger partial charge is 0.338 e. The van der Waals surface area contributed by atoms with Crippen molar-refractivity contribution in [2.45, 2.75) is 13.3 Å². The van der Waals surface area contributed by atoms with E-state index in [9.17, 15) is 9.00 Å². The Balaban J connectivity index is 1.47. The summed E-state index contributed by atoms with van der Waals surface area (Å²) in [5, 5.41) is 7.18. The quantitative estimate of drug-likeness (QED) is 0.904. The molecule has 1 aliphatic heterocycles. The normalized spacial score (nSPS) is 20.9. The van der Waals surface area contributed by atoms with E-state index in [0.717, 1.165) is 12.1 Å². The number of benzene rings is 1. The van der Waals surface area contributed by atoms with E-state index >= 15 is 0 Å². The summed E-state index contributed by atoms with van der Waals surface area (Å²) in [5.74, 6) is 1.54. The molecule has 0 aliphatic carbocycles. The molecule has 6 nitrogen and oxygen atoms in total. The molecule has 0 radical (unpaired) electrons. The molecule has 7 heteroatoms. The van der Waals surface area contributed by atoms with Crippen LogP contribution in [0.2, 0.25) is 0 Å². The third-order valence-corrected chi connectivity index (χ3v) is 5.85. The van der Waals surface area contributed by atoms with Crippen LogP contribution < -0.4 is 5.32 Å². The molecular weight excluding hydrogens is 336 g/mol. The van der Waals surface area contributed by atoms with Gasteiger partial charge in [0.15, 0.2) is 0 Å². The standard InChI is InChI=1S/C18H24N4O2S/c1-15-13-21(11-12-25(24)14-15)18(23)19-9-7-16-3-5-17(6-4-16)22-10-2-8-20-22/h2-6,8,10,15H,7,9,11-14H2,1H3,(H,19,23). The lowest BCUT2D eigenvalue weighted by Gasteiger charge is -2.22. The Morgan fingerprint density at radius 2 is 2.16 bits per heavy atom. The summed E-state index contributed by atoms with van der Waals surface area (Å²) >= 11 is 0. The third kappa shape index (κ3) is 4.92. The van der Waals surface area contributed by atoms with Crippen molar-refractivity contribution in [1.82, 2.24) is 20.0 Å². The minimum absolute atomic E-state index is 0.0566. The van der Waals surface area contributed by atoms with Gasteiger partial charge in [-0.25, -0.2) is 9.48 Å². The zero-order valence-corrected chi connectivity index (χ0v) is 15.2. The first-order valence-electron chi connectivity index (χ1n) is 8.58. The maximum absolute atomic E-state index is 12.3. The molecular formula is C18H24N4O2S. The van der Waals surface area contributed by atoms with Crippen LogP contribution in [0.3, 0.4) is 0 Å². The second-order valence-corrected chi connectivity index (χ2v) is 8.08. The van der Waals surface area contributed by atoms with Gasteiger partial charge in [-0.05, 0) is 36.1 Å². The van der Waals surface area contributed by atoms with Crippen LogP contribution in [0, 0.1) is 5.92 Å². The first kappa shape index (κ1) is 17.7. The number of urea groups is 1. The first-order chi connectivity index (χ1) is 12.1. The molecule has 3 rings (SSSR count). The Morgan fingerprint density at radius 1 is 1.36 bits per heavy atom. The molecule has 1 aromatic carbocycles. The van der Waals surface area contributed by atoms with Gasteiger partial charge in [0.05, 0.1) is 5.69 Å². The van der Waals surface area contributed by atoms with E-state index < -0.39 is 10.8 Å². The molecule has 0 saturated carbocycles. The van der Waals surface area contributed by atoms with Crippen molar-refractivity contribution in [3.8, 4) is 5.69 Å². The fourth-order valence-corrected chi connectivity index (χ4v) is 4.31. The number of nitrogens with one attached hydrogen (secondary N) is 1. The van der Waals surface area contributed by atoms with Crippen molar-refractivity contribution >= 4 is 16.8 Å². The first-order valence-corrected chi connectivity index (χ1v) is 10.1.